The highest BCUT2D eigenvalue weighted by Gasteiger charge is 2.25. The predicted octanol–water partition coefficient (Wildman–Crippen LogP) is 4.12. The molecule has 0 amide bonds. The van der Waals surface area contributed by atoms with Crippen LogP contribution in [0.15, 0.2) is 40.9 Å². The van der Waals surface area contributed by atoms with E-state index in [1.165, 1.54) is 13.2 Å². The van der Waals surface area contributed by atoms with Crippen LogP contribution < -0.4 is 9.47 Å². The zero-order valence-corrected chi connectivity index (χ0v) is 15.2. The molecule has 2 rings (SSSR count). The van der Waals surface area contributed by atoms with Crippen molar-refractivity contribution in [3.05, 3.63) is 62.1 Å². The lowest BCUT2D eigenvalue weighted by atomic mass is 10.1. The molecule has 7 nitrogen and oxygen atoms in total. The normalized spacial score (nSPS) is 10.2. The third kappa shape index (κ3) is 4.69. The molecule has 8 heteroatoms. The van der Waals surface area contributed by atoms with Gasteiger partial charge >= 0.3 is 5.97 Å². The van der Waals surface area contributed by atoms with Crippen LogP contribution in [-0.2, 0) is 11.3 Å². The van der Waals surface area contributed by atoms with Gasteiger partial charge in [-0.05, 0) is 24.6 Å². The zero-order valence-electron chi connectivity index (χ0n) is 13.7. The van der Waals surface area contributed by atoms with Crippen molar-refractivity contribution in [1.29, 1.82) is 0 Å². The molecular formula is C17H16BrNO6. The molecule has 0 atom stereocenters. The molecular weight excluding hydrogens is 394 g/mol. The summed E-state index contributed by atoms with van der Waals surface area (Å²) in [4.78, 5) is 23.0. The Kier molecular flexibility index (Phi) is 6.35. The molecule has 0 fully saturated rings. The Balaban J connectivity index is 2.29. The summed E-state index contributed by atoms with van der Waals surface area (Å²) >= 11 is 3.33. The number of ether oxygens (including phenoxy) is 3. The topological polar surface area (TPSA) is 87.9 Å². The van der Waals surface area contributed by atoms with Gasteiger partial charge in [0.15, 0.2) is 11.5 Å². The van der Waals surface area contributed by atoms with Crippen molar-refractivity contribution in [3.8, 4) is 11.5 Å². The highest BCUT2D eigenvalue weighted by molar-refractivity contribution is 9.10. The fraction of sp³-hybridized carbons (Fsp3) is 0.235. The number of halogens is 1. The van der Waals surface area contributed by atoms with Crippen molar-refractivity contribution in [2.75, 3.05) is 13.7 Å². The Morgan fingerprint density at radius 2 is 2.00 bits per heavy atom. The van der Waals surface area contributed by atoms with E-state index in [1.807, 2.05) is 6.07 Å². The van der Waals surface area contributed by atoms with E-state index in [1.54, 1.807) is 25.1 Å². The number of carbonyl (C=O) groups excluding carboxylic acids is 1. The van der Waals surface area contributed by atoms with Crippen molar-refractivity contribution in [1.82, 2.24) is 0 Å². The van der Waals surface area contributed by atoms with Gasteiger partial charge in [-0.25, -0.2) is 4.79 Å². The third-order valence-corrected chi connectivity index (χ3v) is 3.75. The largest absolute Gasteiger partial charge is 0.493 e. The minimum absolute atomic E-state index is 0.00897. The van der Waals surface area contributed by atoms with Gasteiger partial charge in [-0.2, -0.15) is 0 Å². The minimum Gasteiger partial charge on any atom is -0.493 e. The summed E-state index contributed by atoms with van der Waals surface area (Å²) in [5, 5.41) is 11.3. The lowest BCUT2D eigenvalue weighted by molar-refractivity contribution is -0.385. The lowest BCUT2D eigenvalue weighted by Gasteiger charge is -2.11. The summed E-state index contributed by atoms with van der Waals surface area (Å²) in [6.07, 6.45) is 0. The van der Waals surface area contributed by atoms with Gasteiger partial charge in [0.25, 0.3) is 5.69 Å². The fourth-order valence-corrected chi connectivity index (χ4v) is 2.59. The molecule has 0 N–H and O–H groups in total. The van der Waals surface area contributed by atoms with Gasteiger partial charge in [-0.15, -0.1) is 0 Å². The van der Waals surface area contributed by atoms with Crippen LogP contribution in [0.3, 0.4) is 0 Å². The van der Waals surface area contributed by atoms with Crippen LogP contribution in [0, 0.1) is 10.1 Å². The third-order valence-electron chi connectivity index (χ3n) is 3.26. The zero-order chi connectivity index (χ0) is 18.4. The van der Waals surface area contributed by atoms with Gasteiger partial charge in [0.2, 0.25) is 0 Å². The van der Waals surface area contributed by atoms with Crippen LogP contribution >= 0.6 is 15.9 Å². The standard InChI is InChI=1S/C17H16BrNO6/c1-3-24-16-9-14(19(21)22)13(8-15(16)23-2)17(20)25-10-11-5-4-6-12(18)7-11/h4-9H,3,10H2,1-2H3. The molecule has 2 aromatic rings. The molecule has 2 aromatic carbocycles. The summed E-state index contributed by atoms with van der Waals surface area (Å²) in [5.41, 5.74) is 0.159. The maximum absolute atomic E-state index is 12.3. The average Bonchev–Trinajstić information content (AvgIpc) is 2.59. The maximum Gasteiger partial charge on any atom is 0.345 e. The van der Waals surface area contributed by atoms with Gasteiger partial charge in [-0.1, -0.05) is 28.1 Å². The number of benzene rings is 2. The molecule has 0 saturated heterocycles. The van der Waals surface area contributed by atoms with Crippen LogP contribution in [0.1, 0.15) is 22.8 Å². The first-order valence-corrected chi connectivity index (χ1v) is 8.16. The SMILES string of the molecule is CCOc1cc([N+](=O)[O-])c(C(=O)OCc2cccc(Br)c2)cc1OC. The van der Waals surface area contributed by atoms with Crippen LogP contribution in [0.5, 0.6) is 11.5 Å². The van der Waals surface area contributed by atoms with E-state index in [0.29, 0.717) is 6.61 Å². The van der Waals surface area contributed by atoms with E-state index >= 15 is 0 Å². The molecule has 0 aliphatic carbocycles. The molecule has 0 aliphatic rings. The molecule has 0 heterocycles. The van der Waals surface area contributed by atoms with Gasteiger partial charge in [0.05, 0.1) is 24.7 Å². The Hall–Kier alpha value is -2.61. The second-order valence-electron chi connectivity index (χ2n) is 4.92. The monoisotopic (exact) mass is 409 g/mol. The van der Waals surface area contributed by atoms with Crippen LogP contribution in [0.2, 0.25) is 0 Å². The van der Waals surface area contributed by atoms with E-state index in [-0.39, 0.29) is 23.7 Å². The average molecular weight is 410 g/mol. The van der Waals surface area contributed by atoms with E-state index < -0.39 is 16.6 Å². The summed E-state index contributed by atoms with van der Waals surface area (Å²) in [6, 6.07) is 9.64. The van der Waals surface area contributed by atoms with Gasteiger partial charge in [-0.3, -0.25) is 10.1 Å². The summed E-state index contributed by atoms with van der Waals surface area (Å²) in [5.74, 6) is -0.393. The highest BCUT2D eigenvalue weighted by Crippen LogP contribution is 2.35. The molecule has 0 unspecified atom stereocenters. The predicted molar refractivity (Wildman–Crippen MR) is 94.1 cm³/mol. The van der Waals surface area contributed by atoms with Crippen molar-refractivity contribution >= 4 is 27.6 Å². The number of hydrogen-bond acceptors (Lipinski definition) is 6. The number of nitro benzene ring substituents is 1. The number of hydrogen-bond donors (Lipinski definition) is 0. The summed E-state index contributed by atoms with van der Waals surface area (Å²) < 4.78 is 16.5. The van der Waals surface area contributed by atoms with Crippen LogP contribution in [-0.4, -0.2) is 24.6 Å². The van der Waals surface area contributed by atoms with E-state index in [0.717, 1.165) is 16.1 Å². The minimum atomic E-state index is -0.812. The molecule has 0 aliphatic heterocycles. The second kappa shape index (κ2) is 8.48. The highest BCUT2D eigenvalue weighted by atomic mass is 79.9. The van der Waals surface area contributed by atoms with Crippen molar-refractivity contribution in [2.24, 2.45) is 0 Å². The molecule has 25 heavy (non-hydrogen) atoms. The molecule has 0 spiro atoms. The first kappa shape index (κ1) is 18.7. The first-order chi connectivity index (χ1) is 12.0. The maximum atomic E-state index is 12.3. The Labute approximate surface area is 152 Å². The molecule has 0 saturated carbocycles. The Morgan fingerprint density at radius 3 is 2.60 bits per heavy atom. The molecule has 0 aromatic heterocycles. The summed E-state index contributed by atoms with van der Waals surface area (Å²) in [6.45, 7) is 2.04. The Morgan fingerprint density at radius 1 is 1.24 bits per heavy atom. The Bertz CT molecular complexity index is 793. The number of rotatable bonds is 7. The van der Waals surface area contributed by atoms with Gasteiger partial charge in [0.1, 0.15) is 12.2 Å². The molecule has 0 radical (unpaired) electrons. The van der Waals surface area contributed by atoms with Crippen molar-refractivity contribution in [2.45, 2.75) is 13.5 Å². The van der Waals surface area contributed by atoms with Crippen LogP contribution in [0.4, 0.5) is 5.69 Å². The quantitative estimate of drug-likeness (QED) is 0.388. The summed E-state index contributed by atoms with van der Waals surface area (Å²) in [7, 11) is 1.39. The smallest absolute Gasteiger partial charge is 0.345 e. The number of nitrogens with zero attached hydrogens (tertiary/aromatic N) is 1. The van der Waals surface area contributed by atoms with Crippen molar-refractivity contribution < 1.29 is 23.9 Å². The number of methoxy groups -OCH3 is 1. The second-order valence-corrected chi connectivity index (χ2v) is 5.83. The molecule has 0 bridgehead atoms. The van der Waals surface area contributed by atoms with E-state index in [2.05, 4.69) is 15.9 Å². The van der Waals surface area contributed by atoms with Crippen molar-refractivity contribution in [3.63, 3.8) is 0 Å². The van der Waals surface area contributed by atoms with Gasteiger partial charge < -0.3 is 14.2 Å². The van der Waals surface area contributed by atoms with Gasteiger partial charge in [0, 0.05) is 10.5 Å². The molecule has 132 valence electrons. The number of esters is 1. The van der Waals surface area contributed by atoms with E-state index in [4.69, 9.17) is 14.2 Å². The van der Waals surface area contributed by atoms with E-state index in [9.17, 15) is 14.9 Å². The lowest BCUT2D eigenvalue weighted by Crippen LogP contribution is -2.09. The first-order valence-electron chi connectivity index (χ1n) is 7.37. The number of carbonyl (C=O) groups is 1. The number of nitro groups is 1. The fourth-order valence-electron chi connectivity index (χ4n) is 2.14. The van der Waals surface area contributed by atoms with Crippen LogP contribution in [0.25, 0.3) is 0 Å².